The molecule has 0 radical (unpaired) electrons. The number of carbonyl (C=O) groups excluding carboxylic acids is 1. The molecule has 33 heavy (non-hydrogen) atoms. The summed E-state index contributed by atoms with van der Waals surface area (Å²) >= 11 is 0. The molecule has 2 aromatic heterocycles. The van der Waals surface area contributed by atoms with Gasteiger partial charge in [-0.15, -0.1) is 0 Å². The topological polar surface area (TPSA) is 105 Å². The first-order valence-corrected chi connectivity index (χ1v) is 11.3. The van der Waals surface area contributed by atoms with E-state index in [1.165, 1.54) is 0 Å². The number of amides is 1. The lowest BCUT2D eigenvalue weighted by Gasteiger charge is -2.42. The molecule has 0 aliphatic carbocycles. The molecule has 4 rings (SSSR count). The number of nitrogens with zero attached hydrogens (tertiary/aromatic N) is 4. The second kappa shape index (κ2) is 10.1. The summed E-state index contributed by atoms with van der Waals surface area (Å²) in [5.41, 5.74) is 7.61. The van der Waals surface area contributed by atoms with E-state index in [1.54, 1.807) is 42.5 Å². The van der Waals surface area contributed by atoms with Crippen LogP contribution < -0.4 is 15.4 Å². The van der Waals surface area contributed by atoms with Gasteiger partial charge in [0.05, 0.1) is 30.0 Å². The van der Waals surface area contributed by atoms with Crippen LogP contribution >= 0.6 is 0 Å². The van der Waals surface area contributed by atoms with E-state index < -0.39 is 5.60 Å². The third-order valence-electron chi connectivity index (χ3n) is 5.95. The number of hydrogen-bond acceptors (Lipinski definition) is 7. The van der Waals surface area contributed by atoms with Crippen molar-refractivity contribution in [2.45, 2.75) is 24.9 Å². The van der Waals surface area contributed by atoms with Gasteiger partial charge in [0.15, 0.2) is 0 Å². The number of fused-ring (bicyclic) bond motifs is 1. The molecule has 1 aromatic carbocycles. The monoisotopic (exact) mass is 449 g/mol. The standard InChI is InChI=1S/C25H31N5O3/c1-29(24(31)19-6-2-7-20(16-19)33-15-5-11-26)17-25(32)10-4-14-30(18-25)22-9-13-27-21-8-3-12-28-23(21)22/h2-3,6-9,12-13,16,32H,4-5,10-11,14-15,17-18,26H2,1H3/t25-/m0/s1. The number of piperidine rings is 1. The van der Waals surface area contributed by atoms with E-state index in [2.05, 4.69) is 14.9 Å². The van der Waals surface area contributed by atoms with E-state index in [0.717, 1.165) is 36.1 Å². The van der Waals surface area contributed by atoms with E-state index in [0.29, 0.717) is 37.4 Å². The zero-order valence-electron chi connectivity index (χ0n) is 19.0. The van der Waals surface area contributed by atoms with Gasteiger partial charge in [0.2, 0.25) is 0 Å². The largest absolute Gasteiger partial charge is 0.494 e. The molecule has 0 spiro atoms. The predicted octanol–water partition coefficient (Wildman–Crippen LogP) is 2.46. The van der Waals surface area contributed by atoms with Crippen LogP contribution in [0, 0.1) is 0 Å². The summed E-state index contributed by atoms with van der Waals surface area (Å²) in [4.78, 5) is 25.7. The minimum absolute atomic E-state index is 0.152. The van der Waals surface area contributed by atoms with Gasteiger partial charge in [0, 0.05) is 38.1 Å². The number of aromatic nitrogens is 2. The molecule has 3 aromatic rings. The highest BCUT2D eigenvalue weighted by Crippen LogP contribution is 2.30. The van der Waals surface area contributed by atoms with Crippen molar-refractivity contribution in [2.75, 3.05) is 44.7 Å². The van der Waals surface area contributed by atoms with Crippen LogP contribution in [0.3, 0.4) is 0 Å². The molecule has 1 aliphatic heterocycles. The number of rotatable bonds is 8. The molecule has 1 atom stereocenters. The van der Waals surface area contributed by atoms with E-state index in [1.807, 2.05) is 24.3 Å². The second-order valence-corrected chi connectivity index (χ2v) is 8.63. The number of aliphatic hydroxyl groups is 1. The molecule has 1 saturated heterocycles. The Morgan fingerprint density at radius 1 is 1.24 bits per heavy atom. The van der Waals surface area contributed by atoms with Crippen molar-refractivity contribution < 1.29 is 14.6 Å². The molecular formula is C25H31N5O3. The quantitative estimate of drug-likeness (QED) is 0.509. The van der Waals surface area contributed by atoms with Gasteiger partial charge in [0.25, 0.3) is 5.91 Å². The average Bonchev–Trinajstić information content (AvgIpc) is 2.83. The maximum absolute atomic E-state index is 13.1. The predicted molar refractivity (Wildman–Crippen MR) is 129 cm³/mol. The maximum atomic E-state index is 13.1. The molecule has 174 valence electrons. The minimum atomic E-state index is -1.03. The molecule has 0 saturated carbocycles. The van der Waals surface area contributed by atoms with Crippen molar-refractivity contribution in [2.24, 2.45) is 5.73 Å². The van der Waals surface area contributed by atoms with Gasteiger partial charge in [-0.1, -0.05) is 6.07 Å². The summed E-state index contributed by atoms with van der Waals surface area (Å²) in [6.45, 7) is 2.54. The first-order chi connectivity index (χ1) is 16.0. The molecule has 8 heteroatoms. The molecule has 0 bridgehead atoms. The first-order valence-electron chi connectivity index (χ1n) is 11.3. The number of β-amino-alcohol motifs (C(OH)–C–C–N with tert-alkyl or cyclic N) is 1. The third kappa shape index (κ3) is 5.40. The van der Waals surface area contributed by atoms with Gasteiger partial charge < -0.3 is 25.4 Å². The number of anilines is 1. The van der Waals surface area contributed by atoms with Gasteiger partial charge in [-0.2, -0.15) is 0 Å². The number of carbonyl (C=O) groups is 1. The smallest absolute Gasteiger partial charge is 0.253 e. The van der Waals surface area contributed by atoms with Gasteiger partial charge in [-0.25, -0.2) is 0 Å². The van der Waals surface area contributed by atoms with Gasteiger partial charge in [-0.3, -0.25) is 14.8 Å². The number of nitrogens with two attached hydrogens (primary N) is 1. The number of pyridine rings is 2. The Balaban J connectivity index is 1.45. The first kappa shape index (κ1) is 22.9. The van der Waals surface area contributed by atoms with E-state index in [-0.39, 0.29) is 12.5 Å². The Hall–Kier alpha value is -3.23. The molecule has 1 aliphatic rings. The molecule has 3 N–H and O–H groups in total. The van der Waals surface area contributed by atoms with Crippen LogP contribution in [-0.4, -0.2) is 71.3 Å². The minimum Gasteiger partial charge on any atom is -0.494 e. The van der Waals surface area contributed by atoms with Crippen molar-refractivity contribution in [3.63, 3.8) is 0 Å². The summed E-state index contributed by atoms with van der Waals surface area (Å²) in [6.07, 6.45) is 5.72. The molecule has 8 nitrogen and oxygen atoms in total. The number of benzene rings is 1. The van der Waals surface area contributed by atoms with Crippen molar-refractivity contribution in [1.82, 2.24) is 14.9 Å². The van der Waals surface area contributed by atoms with Gasteiger partial charge in [0.1, 0.15) is 11.3 Å². The summed E-state index contributed by atoms with van der Waals surface area (Å²) in [5, 5.41) is 11.4. The average molecular weight is 450 g/mol. The van der Waals surface area contributed by atoms with Crippen LogP contribution in [0.15, 0.2) is 54.9 Å². The Morgan fingerprint density at radius 3 is 2.97 bits per heavy atom. The summed E-state index contributed by atoms with van der Waals surface area (Å²) < 4.78 is 5.67. The van der Waals surface area contributed by atoms with Gasteiger partial charge >= 0.3 is 0 Å². The zero-order chi connectivity index (χ0) is 23.3. The Morgan fingerprint density at radius 2 is 2.12 bits per heavy atom. The fraction of sp³-hybridized carbons (Fsp3) is 0.400. The highest BCUT2D eigenvalue weighted by molar-refractivity contribution is 5.94. The summed E-state index contributed by atoms with van der Waals surface area (Å²) in [6, 6.07) is 12.9. The molecule has 1 fully saturated rings. The number of ether oxygens (including phenoxy) is 1. The van der Waals surface area contributed by atoms with Crippen LogP contribution in [0.1, 0.15) is 29.6 Å². The molecule has 0 unspecified atom stereocenters. The van der Waals surface area contributed by atoms with E-state index >= 15 is 0 Å². The summed E-state index contributed by atoms with van der Waals surface area (Å²) in [7, 11) is 1.73. The van der Waals surface area contributed by atoms with Gasteiger partial charge in [-0.05, 0) is 62.2 Å². The second-order valence-electron chi connectivity index (χ2n) is 8.63. The highest BCUT2D eigenvalue weighted by Gasteiger charge is 2.36. The fourth-order valence-electron chi connectivity index (χ4n) is 4.39. The van der Waals surface area contributed by atoms with Crippen LogP contribution in [0.4, 0.5) is 5.69 Å². The Kier molecular flexibility index (Phi) is 7.05. The zero-order valence-corrected chi connectivity index (χ0v) is 19.0. The van der Waals surface area contributed by atoms with Crippen molar-refractivity contribution in [3.05, 3.63) is 60.4 Å². The van der Waals surface area contributed by atoms with Crippen LogP contribution in [-0.2, 0) is 0 Å². The Labute approximate surface area is 194 Å². The lowest BCUT2D eigenvalue weighted by Crippen LogP contribution is -2.54. The van der Waals surface area contributed by atoms with Crippen LogP contribution in [0.25, 0.3) is 11.0 Å². The fourth-order valence-corrected chi connectivity index (χ4v) is 4.39. The van der Waals surface area contributed by atoms with E-state index in [4.69, 9.17) is 10.5 Å². The van der Waals surface area contributed by atoms with Crippen LogP contribution in [0.5, 0.6) is 5.75 Å². The number of likely N-dealkylation sites (N-methyl/N-ethyl adjacent to an activating group) is 1. The normalized spacial score (nSPS) is 18.3. The van der Waals surface area contributed by atoms with Crippen molar-refractivity contribution in [1.29, 1.82) is 0 Å². The SMILES string of the molecule is CN(C[C@@]1(O)CCCN(c2ccnc3cccnc23)C1)C(=O)c1cccc(OCCCN)c1. The molecule has 3 heterocycles. The lowest BCUT2D eigenvalue weighted by atomic mass is 9.91. The maximum Gasteiger partial charge on any atom is 0.253 e. The number of hydrogen-bond donors (Lipinski definition) is 2. The molecule has 1 amide bonds. The Bertz CT molecular complexity index is 1100. The highest BCUT2D eigenvalue weighted by atomic mass is 16.5. The van der Waals surface area contributed by atoms with E-state index in [9.17, 15) is 9.90 Å². The lowest BCUT2D eigenvalue weighted by molar-refractivity contribution is 0.0000577. The molecular weight excluding hydrogens is 418 g/mol. The van der Waals surface area contributed by atoms with Crippen molar-refractivity contribution in [3.8, 4) is 5.75 Å². The van der Waals surface area contributed by atoms with Crippen molar-refractivity contribution >= 4 is 22.6 Å². The summed E-state index contributed by atoms with van der Waals surface area (Å²) in [5.74, 6) is 0.489. The van der Waals surface area contributed by atoms with Crippen LogP contribution in [0.2, 0.25) is 0 Å². The third-order valence-corrected chi connectivity index (χ3v) is 5.95.